The van der Waals surface area contributed by atoms with Gasteiger partial charge in [-0.3, -0.25) is 0 Å². The minimum Gasteiger partial charge on any atom is -0.361 e. The Morgan fingerprint density at radius 1 is 1.14 bits per heavy atom. The molecule has 14 heavy (non-hydrogen) atoms. The second-order valence-corrected chi connectivity index (χ2v) is 4.97. The third-order valence-electron chi connectivity index (χ3n) is 2.11. The number of rotatable bonds is 1. The van der Waals surface area contributed by atoms with E-state index in [0.29, 0.717) is 0 Å². The first-order valence-electron chi connectivity index (χ1n) is 4.27. The molecule has 0 radical (unpaired) electrons. The van der Waals surface area contributed by atoms with Crippen LogP contribution in [0, 0.1) is 0 Å². The van der Waals surface area contributed by atoms with E-state index in [1.54, 1.807) is 0 Å². The van der Waals surface area contributed by atoms with E-state index in [1.807, 2.05) is 6.07 Å². The summed E-state index contributed by atoms with van der Waals surface area (Å²) in [5, 5.41) is 0. The van der Waals surface area contributed by atoms with Crippen LogP contribution in [0.15, 0.2) is 39.5 Å². The molecule has 74 valence electrons. The number of halogens is 2. The number of hydrogen-bond acceptors (Lipinski definition) is 2. The molecule has 0 aromatic heterocycles. The molecule has 0 atom stereocenters. The Morgan fingerprint density at radius 2 is 1.93 bits per heavy atom. The Kier molecular flexibility index (Phi) is 2.83. The molecule has 0 spiro atoms. The Morgan fingerprint density at radius 3 is 2.50 bits per heavy atom. The lowest BCUT2D eigenvalue weighted by molar-refractivity contribution is 0.495. The van der Waals surface area contributed by atoms with E-state index >= 15 is 0 Å². The summed E-state index contributed by atoms with van der Waals surface area (Å²) < 4.78 is 2.16. The van der Waals surface area contributed by atoms with Gasteiger partial charge in [-0.05, 0) is 50.1 Å². The van der Waals surface area contributed by atoms with Gasteiger partial charge in [0.1, 0.15) is 0 Å². The number of anilines is 1. The fourth-order valence-corrected chi connectivity index (χ4v) is 1.97. The number of benzene rings is 1. The summed E-state index contributed by atoms with van der Waals surface area (Å²) in [5.41, 5.74) is 1.20. The summed E-state index contributed by atoms with van der Waals surface area (Å²) in [6.45, 7) is 0.911. The average Bonchev–Trinajstić information content (AvgIpc) is 2.57. The van der Waals surface area contributed by atoms with E-state index in [9.17, 15) is 0 Å². The SMILES string of the molecule is CN1C=CN(c2ccc(Br)c(Br)c2)C1. The van der Waals surface area contributed by atoms with Gasteiger partial charge >= 0.3 is 0 Å². The molecule has 0 aliphatic carbocycles. The maximum Gasteiger partial charge on any atom is 0.0938 e. The summed E-state index contributed by atoms with van der Waals surface area (Å²) in [4.78, 5) is 4.33. The predicted molar refractivity (Wildman–Crippen MR) is 66.1 cm³/mol. The monoisotopic (exact) mass is 316 g/mol. The zero-order chi connectivity index (χ0) is 10.1. The fraction of sp³-hybridized carbons (Fsp3) is 0.200. The minimum absolute atomic E-state index is 0.911. The maximum atomic E-state index is 3.50. The fourth-order valence-electron chi connectivity index (χ4n) is 1.36. The van der Waals surface area contributed by atoms with Crippen molar-refractivity contribution >= 4 is 37.5 Å². The van der Waals surface area contributed by atoms with Crippen LogP contribution in [0.25, 0.3) is 0 Å². The average molecular weight is 318 g/mol. The number of nitrogens with zero attached hydrogens (tertiary/aromatic N) is 2. The highest BCUT2D eigenvalue weighted by molar-refractivity contribution is 9.13. The van der Waals surface area contributed by atoms with Gasteiger partial charge in [0.25, 0.3) is 0 Å². The van der Waals surface area contributed by atoms with E-state index in [4.69, 9.17) is 0 Å². The molecule has 0 saturated carbocycles. The van der Waals surface area contributed by atoms with Gasteiger partial charge in [-0.2, -0.15) is 0 Å². The molecule has 1 heterocycles. The molecular formula is C10H10Br2N2. The molecule has 0 amide bonds. The molecular weight excluding hydrogens is 308 g/mol. The summed E-state index contributed by atoms with van der Waals surface area (Å²) in [6, 6.07) is 6.25. The molecule has 0 bridgehead atoms. The molecule has 4 heteroatoms. The predicted octanol–water partition coefficient (Wildman–Crippen LogP) is 3.39. The molecule has 1 aromatic carbocycles. The van der Waals surface area contributed by atoms with Crippen molar-refractivity contribution < 1.29 is 0 Å². The Hall–Kier alpha value is -0.480. The third kappa shape index (κ3) is 1.96. The molecule has 2 nitrogen and oxygen atoms in total. The van der Waals surface area contributed by atoms with Crippen molar-refractivity contribution in [2.75, 3.05) is 18.6 Å². The maximum absolute atomic E-state index is 3.50. The molecule has 2 rings (SSSR count). The first-order chi connectivity index (χ1) is 6.66. The van der Waals surface area contributed by atoms with Crippen LogP contribution in [-0.2, 0) is 0 Å². The van der Waals surface area contributed by atoms with Crippen molar-refractivity contribution in [2.45, 2.75) is 0 Å². The van der Waals surface area contributed by atoms with Crippen molar-refractivity contribution in [3.63, 3.8) is 0 Å². The van der Waals surface area contributed by atoms with E-state index in [0.717, 1.165) is 15.6 Å². The van der Waals surface area contributed by atoms with Crippen molar-refractivity contribution in [1.29, 1.82) is 0 Å². The van der Waals surface area contributed by atoms with Gasteiger partial charge in [0.15, 0.2) is 0 Å². The summed E-state index contributed by atoms with van der Waals surface area (Å²) in [6.07, 6.45) is 4.14. The van der Waals surface area contributed by atoms with Gasteiger partial charge in [0.05, 0.1) is 6.67 Å². The van der Waals surface area contributed by atoms with Crippen LogP contribution < -0.4 is 4.90 Å². The zero-order valence-electron chi connectivity index (χ0n) is 7.74. The van der Waals surface area contributed by atoms with Crippen LogP contribution in [0.5, 0.6) is 0 Å². The second kappa shape index (κ2) is 3.95. The molecule has 0 saturated heterocycles. The van der Waals surface area contributed by atoms with Gasteiger partial charge in [0, 0.05) is 34.1 Å². The van der Waals surface area contributed by atoms with Gasteiger partial charge in [0.2, 0.25) is 0 Å². The minimum atomic E-state index is 0.911. The molecule has 1 aliphatic rings. The van der Waals surface area contributed by atoms with Crippen molar-refractivity contribution in [1.82, 2.24) is 4.90 Å². The van der Waals surface area contributed by atoms with Crippen molar-refractivity contribution in [2.24, 2.45) is 0 Å². The highest BCUT2D eigenvalue weighted by atomic mass is 79.9. The van der Waals surface area contributed by atoms with Crippen LogP contribution in [0.1, 0.15) is 0 Å². The van der Waals surface area contributed by atoms with Gasteiger partial charge in [-0.1, -0.05) is 0 Å². The molecule has 0 unspecified atom stereocenters. The van der Waals surface area contributed by atoms with Crippen LogP contribution in [0.3, 0.4) is 0 Å². The lowest BCUT2D eigenvalue weighted by Gasteiger charge is -2.18. The van der Waals surface area contributed by atoms with Crippen LogP contribution in [-0.4, -0.2) is 18.6 Å². The van der Waals surface area contributed by atoms with E-state index in [2.05, 4.69) is 73.2 Å². The van der Waals surface area contributed by atoms with Crippen LogP contribution in [0.2, 0.25) is 0 Å². The largest absolute Gasteiger partial charge is 0.361 e. The van der Waals surface area contributed by atoms with Crippen molar-refractivity contribution in [3.8, 4) is 0 Å². The van der Waals surface area contributed by atoms with Gasteiger partial charge in [-0.15, -0.1) is 0 Å². The van der Waals surface area contributed by atoms with Gasteiger partial charge < -0.3 is 9.80 Å². The summed E-state index contributed by atoms with van der Waals surface area (Å²) >= 11 is 6.95. The second-order valence-electron chi connectivity index (χ2n) is 3.26. The van der Waals surface area contributed by atoms with Crippen LogP contribution in [0.4, 0.5) is 5.69 Å². The van der Waals surface area contributed by atoms with Crippen LogP contribution >= 0.6 is 31.9 Å². The molecule has 0 fully saturated rings. The normalized spacial score (nSPS) is 15.4. The summed E-state index contributed by atoms with van der Waals surface area (Å²) in [7, 11) is 2.06. The molecule has 1 aromatic rings. The lowest BCUT2D eigenvalue weighted by Crippen LogP contribution is -2.21. The quantitative estimate of drug-likeness (QED) is 0.783. The van der Waals surface area contributed by atoms with Crippen molar-refractivity contribution in [3.05, 3.63) is 39.5 Å². The lowest BCUT2D eigenvalue weighted by atomic mass is 10.3. The smallest absolute Gasteiger partial charge is 0.0938 e. The Bertz CT molecular complexity index is 376. The van der Waals surface area contributed by atoms with E-state index in [-0.39, 0.29) is 0 Å². The van der Waals surface area contributed by atoms with E-state index < -0.39 is 0 Å². The van der Waals surface area contributed by atoms with E-state index in [1.165, 1.54) is 5.69 Å². The number of hydrogen-bond donors (Lipinski definition) is 0. The molecule has 1 aliphatic heterocycles. The first-order valence-corrected chi connectivity index (χ1v) is 5.86. The standard InChI is InChI=1S/C10H10Br2N2/c1-13-4-5-14(7-13)8-2-3-9(11)10(12)6-8/h2-6H,7H2,1H3. The highest BCUT2D eigenvalue weighted by Gasteiger charge is 2.11. The van der Waals surface area contributed by atoms with Gasteiger partial charge in [-0.25, -0.2) is 0 Å². The zero-order valence-corrected chi connectivity index (χ0v) is 10.9. The first kappa shape index (κ1) is 10.1. The Labute approximate surface area is 100 Å². The topological polar surface area (TPSA) is 6.48 Å². The third-order valence-corrected chi connectivity index (χ3v) is 3.99. The highest BCUT2D eigenvalue weighted by Crippen LogP contribution is 2.29. The molecule has 0 N–H and O–H groups in total. The Balaban J connectivity index is 2.25. The summed E-state index contributed by atoms with van der Waals surface area (Å²) in [5.74, 6) is 0.